The third kappa shape index (κ3) is 2.33. The SMILES string of the molecule is COc1ccc(C(=O)Nc2nc[nH]n2)c(O)c1. The zero-order valence-corrected chi connectivity index (χ0v) is 8.97. The molecule has 1 aromatic heterocycles. The zero-order valence-electron chi connectivity index (χ0n) is 8.97. The van der Waals surface area contributed by atoms with Gasteiger partial charge >= 0.3 is 0 Å². The first-order valence-corrected chi connectivity index (χ1v) is 4.75. The molecule has 0 atom stereocenters. The lowest BCUT2D eigenvalue weighted by Crippen LogP contribution is -2.13. The lowest BCUT2D eigenvalue weighted by molar-refractivity contribution is 0.102. The Kier molecular flexibility index (Phi) is 2.91. The summed E-state index contributed by atoms with van der Waals surface area (Å²) in [6, 6.07) is 4.38. The molecule has 0 fully saturated rings. The summed E-state index contributed by atoms with van der Waals surface area (Å²) in [5.74, 6) is -0.0516. The number of nitrogens with one attached hydrogen (secondary N) is 2. The maximum atomic E-state index is 11.7. The van der Waals surface area contributed by atoms with Gasteiger partial charge in [0.1, 0.15) is 17.8 Å². The maximum Gasteiger partial charge on any atom is 0.261 e. The maximum absolute atomic E-state index is 11.7. The number of rotatable bonds is 3. The lowest BCUT2D eigenvalue weighted by atomic mass is 10.2. The zero-order chi connectivity index (χ0) is 12.3. The van der Waals surface area contributed by atoms with Gasteiger partial charge in [0.15, 0.2) is 0 Å². The van der Waals surface area contributed by atoms with E-state index in [1.807, 2.05) is 0 Å². The molecule has 1 aromatic carbocycles. The fourth-order valence-corrected chi connectivity index (χ4v) is 1.27. The molecule has 1 heterocycles. The van der Waals surface area contributed by atoms with Crippen molar-refractivity contribution in [1.29, 1.82) is 0 Å². The number of aromatic amines is 1. The monoisotopic (exact) mass is 234 g/mol. The summed E-state index contributed by atoms with van der Waals surface area (Å²) in [6.07, 6.45) is 1.34. The number of nitrogens with zero attached hydrogens (tertiary/aromatic N) is 2. The highest BCUT2D eigenvalue weighted by molar-refractivity contribution is 6.05. The van der Waals surface area contributed by atoms with E-state index in [9.17, 15) is 9.90 Å². The molecule has 0 aliphatic carbocycles. The van der Waals surface area contributed by atoms with Crippen LogP contribution in [0.1, 0.15) is 10.4 Å². The van der Waals surface area contributed by atoms with Gasteiger partial charge in [0.05, 0.1) is 12.7 Å². The van der Waals surface area contributed by atoms with E-state index in [1.165, 1.54) is 25.6 Å². The van der Waals surface area contributed by atoms with Crippen LogP contribution in [0.3, 0.4) is 0 Å². The van der Waals surface area contributed by atoms with E-state index in [1.54, 1.807) is 6.07 Å². The Morgan fingerprint density at radius 1 is 1.53 bits per heavy atom. The van der Waals surface area contributed by atoms with Gasteiger partial charge in [-0.25, -0.2) is 4.98 Å². The second-order valence-corrected chi connectivity index (χ2v) is 3.16. The number of aromatic hydroxyl groups is 1. The van der Waals surface area contributed by atoms with Crippen molar-refractivity contribution in [2.24, 2.45) is 0 Å². The number of ether oxygens (including phenoxy) is 1. The van der Waals surface area contributed by atoms with Gasteiger partial charge in [0, 0.05) is 6.07 Å². The summed E-state index contributed by atoms with van der Waals surface area (Å²) in [5.41, 5.74) is 0.121. The summed E-state index contributed by atoms with van der Waals surface area (Å²) < 4.78 is 4.91. The molecule has 0 spiro atoms. The molecule has 0 aliphatic rings. The second-order valence-electron chi connectivity index (χ2n) is 3.16. The van der Waals surface area contributed by atoms with Crippen LogP contribution >= 0.6 is 0 Å². The van der Waals surface area contributed by atoms with Crippen LogP contribution in [0.2, 0.25) is 0 Å². The number of phenols is 1. The summed E-state index contributed by atoms with van der Waals surface area (Å²) in [6.45, 7) is 0. The topological polar surface area (TPSA) is 100 Å². The average Bonchev–Trinajstić information content (AvgIpc) is 2.81. The third-order valence-corrected chi connectivity index (χ3v) is 2.09. The van der Waals surface area contributed by atoms with Crippen LogP contribution < -0.4 is 10.1 Å². The Hall–Kier alpha value is -2.57. The fourth-order valence-electron chi connectivity index (χ4n) is 1.27. The van der Waals surface area contributed by atoms with Crippen LogP contribution in [0.15, 0.2) is 24.5 Å². The van der Waals surface area contributed by atoms with Gasteiger partial charge in [-0.3, -0.25) is 15.2 Å². The molecule has 0 unspecified atom stereocenters. The van der Waals surface area contributed by atoms with Crippen molar-refractivity contribution in [1.82, 2.24) is 15.2 Å². The number of H-pyrrole nitrogens is 1. The van der Waals surface area contributed by atoms with Gasteiger partial charge in [-0.15, -0.1) is 5.10 Å². The molecule has 0 bridgehead atoms. The Balaban J connectivity index is 2.19. The normalized spacial score (nSPS) is 9.94. The lowest BCUT2D eigenvalue weighted by Gasteiger charge is -2.05. The minimum Gasteiger partial charge on any atom is -0.507 e. The molecule has 0 aliphatic heterocycles. The number of anilines is 1. The molecule has 7 nitrogen and oxygen atoms in total. The number of carbonyl (C=O) groups is 1. The quantitative estimate of drug-likeness (QED) is 0.728. The number of hydrogen-bond donors (Lipinski definition) is 3. The predicted octanol–water partition coefficient (Wildman–Crippen LogP) is 0.771. The van der Waals surface area contributed by atoms with Crippen LogP contribution in [0.5, 0.6) is 11.5 Å². The molecule has 0 radical (unpaired) electrons. The Labute approximate surface area is 96.5 Å². The van der Waals surface area contributed by atoms with Crippen molar-refractivity contribution < 1.29 is 14.6 Å². The molecular weight excluding hydrogens is 224 g/mol. The number of phenolic OH excluding ortho intramolecular Hbond substituents is 1. The van der Waals surface area contributed by atoms with E-state index in [0.717, 1.165) is 0 Å². The Morgan fingerprint density at radius 3 is 2.94 bits per heavy atom. The number of amides is 1. The summed E-state index contributed by atoms with van der Waals surface area (Å²) >= 11 is 0. The van der Waals surface area contributed by atoms with Crippen molar-refractivity contribution in [3.05, 3.63) is 30.1 Å². The molecule has 17 heavy (non-hydrogen) atoms. The molecule has 1 amide bonds. The van der Waals surface area contributed by atoms with Gasteiger partial charge in [0.25, 0.3) is 5.91 Å². The molecule has 7 heteroatoms. The first kappa shape index (κ1) is 10.9. The predicted molar refractivity (Wildman–Crippen MR) is 59.0 cm³/mol. The van der Waals surface area contributed by atoms with E-state index < -0.39 is 5.91 Å². The van der Waals surface area contributed by atoms with E-state index in [2.05, 4.69) is 20.5 Å². The van der Waals surface area contributed by atoms with Crippen LogP contribution in [-0.4, -0.2) is 33.3 Å². The number of aromatic nitrogens is 3. The number of hydrogen-bond acceptors (Lipinski definition) is 5. The minimum absolute atomic E-state index is 0.121. The van der Waals surface area contributed by atoms with Gasteiger partial charge in [0.2, 0.25) is 5.95 Å². The molecule has 2 rings (SSSR count). The molecule has 2 aromatic rings. The van der Waals surface area contributed by atoms with Crippen molar-refractivity contribution >= 4 is 11.9 Å². The molecule has 0 saturated heterocycles. The Morgan fingerprint density at radius 2 is 2.35 bits per heavy atom. The van der Waals surface area contributed by atoms with E-state index in [-0.39, 0.29) is 17.3 Å². The smallest absolute Gasteiger partial charge is 0.261 e. The number of methoxy groups -OCH3 is 1. The Bertz CT molecular complexity index is 524. The van der Waals surface area contributed by atoms with E-state index in [0.29, 0.717) is 5.75 Å². The largest absolute Gasteiger partial charge is 0.507 e. The van der Waals surface area contributed by atoms with Crippen molar-refractivity contribution in [3.63, 3.8) is 0 Å². The van der Waals surface area contributed by atoms with Crippen LogP contribution in [0.25, 0.3) is 0 Å². The van der Waals surface area contributed by atoms with Crippen LogP contribution in [-0.2, 0) is 0 Å². The van der Waals surface area contributed by atoms with Crippen LogP contribution in [0, 0.1) is 0 Å². The fraction of sp³-hybridized carbons (Fsp3) is 0.100. The second kappa shape index (κ2) is 4.52. The average molecular weight is 234 g/mol. The standard InChI is InChI=1S/C10H10N4O3/c1-17-6-2-3-7(8(15)4-6)9(16)13-10-11-5-12-14-10/h2-5,15H,1H3,(H2,11,12,13,14,16). The highest BCUT2D eigenvalue weighted by atomic mass is 16.5. The highest BCUT2D eigenvalue weighted by Crippen LogP contribution is 2.23. The number of carbonyl (C=O) groups excluding carboxylic acids is 1. The van der Waals surface area contributed by atoms with Gasteiger partial charge in [-0.1, -0.05) is 0 Å². The highest BCUT2D eigenvalue weighted by Gasteiger charge is 2.13. The number of benzene rings is 1. The van der Waals surface area contributed by atoms with Gasteiger partial charge < -0.3 is 9.84 Å². The van der Waals surface area contributed by atoms with Crippen molar-refractivity contribution in [2.45, 2.75) is 0 Å². The first-order valence-electron chi connectivity index (χ1n) is 4.75. The summed E-state index contributed by atoms with van der Waals surface area (Å²) in [5, 5.41) is 18.2. The van der Waals surface area contributed by atoms with E-state index in [4.69, 9.17) is 4.74 Å². The summed E-state index contributed by atoms with van der Waals surface area (Å²) in [7, 11) is 1.47. The minimum atomic E-state index is -0.496. The summed E-state index contributed by atoms with van der Waals surface area (Å²) in [4.78, 5) is 15.5. The molecule has 0 saturated carbocycles. The first-order chi connectivity index (χ1) is 8.20. The van der Waals surface area contributed by atoms with Gasteiger partial charge in [-0.2, -0.15) is 0 Å². The molecular formula is C10H10N4O3. The third-order valence-electron chi connectivity index (χ3n) is 2.09. The molecule has 88 valence electrons. The van der Waals surface area contributed by atoms with Crippen LogP contribution in [0.4, 0.5) is 5.95 Å². The van der Waals surface area contributed by atoms with Crippen molar-refractivity contribution in [3.8, 4) is 11.5 Å². The van der Waals surface area contributed by atoms with Crippen molar-refractivity contribution in [2.75, 3.05) is 12.4 Å². The van der Waals surface area contributed by atoms with Gasteiger partial charge in [-0.05, 0) is 12.1 Å². The molecule has 3 N–H and O–H groups in total. The van der Waals surface area contributed by atoms with E-state index >= 15 is 0 Å².